The number of ketones is 1. The summed E-state index contributed by atoms with van der Waals surface area (Å²) in [5.41, 5.74) is -1.34. The van der Waals surface area contributed by atoms with Crippen molar-refractivity contribution >= 4 is 21.7 Å². The first-order valence-corrected chi connectivity index (χ1v) is 5.68. The quantitative estimate of drug-likeness (QED) is 0.472. The summed E-state index contributed by atoms with van der Waals surface area (Å²) in [7, 11) is 0. The van der Waals surface area contributed by atoms with Gasteiger partial charge in [0.15, 0.2) is 11.5 Å². The third-order valence-electron chi connectivity index (χ3n) is 2.22. The molecule has 0 amide bonds. The Hall–Kier alpha value is -1.84. The standard InChI is InChI=1S/C10H3BrF5N3O/c11-4-1-8(6(13)2-5(4)12)19-3-7(17-18-19)9(20)10(14,15)16/h1-3H. The van der Waals surface area contributed by atoms with Gasteiger partial charge in [0.2, 0.25) is 0 Å². The lowest BCUT2D eigenvalue weighted by molar-refractivity contribution is -0.0888. The van der Waals surface area contributed by atoms with Gasteiger partial charge < -0.3 is 0 Å². The van der Waals surface area contributed by atoms with Gasteiger partial charge in [-0.2, -0.15) is 13.2 Å². The molecule has 106 valence electrons. The van der Waals surface area contributed by atoms with Crippen LogP contribution in [0.4, 0.5) is 22.0 Å². The molecule has 2 aromatic rings. The van der Waals surface area contributed by atoms with Crippen molar-refractivity contribution in [3.05, 3.63) is 40.1 Å². The lowest BCUT2D eigenvalue weighted by atomic mass is 10.3. The number of benzene rings is 1. The van der Waals surface area contributed by atoms with Crippen LogP contribution in [0.3, 0.4) is 0 Å². The van der Waals surface area contributed by atoms with Crippen molar-refractivity contribution in [2.45, 2.75) is 6.18 Å². The monoisotopic (exact) mass is 355 g/mol. The number of hydrogen-bond acceptors (Lipinski definition) is 3. The predicted molar refractivity (Wildman–Crippen MR) is 59.4 cm³/mol. The van der Waals surface area contributed by atoms with Crippen LogP contribution in [0.2, 0.25) is 0 Å². The highest BCUT2D eigenvalue weighted by molar-refractivity contribution is 9.10. The number of alkyl halides is 3. The Balaban J connectivity index is 2.44. The van der Waals surface area contributed by atoms with Crippen molar-refractivity contribution in [2.24, 2.45) is 0 Å². The van der Waals surface area contributed by atoms with Crippen molar-refractivity contribution in [1.82, 2.24) is 15.0 Å². The van der Waals surface area contributed by atoms with Crippen LogP contribution in [0.5, 0.6) is 0 Å². The molecule has 10 heteroatoms. The van der Waals surface area contributed by atoms with Gasteiger partial charge >= 0.3 is 6.18 Å². The maximum Gasteiger partial charge on any atom is 0.456 e. The topological polar surface area (TPSA) is 47.8 Å². The van der Waals surface area contributed by atoms with Crippen LogP contribution in [0.15, 0.2) is 22.8 Å². The number of hydrogen-bond donors (Lipinski definition) is 0. The predicted octanol–water partition coefficient (Wildman–Crippen LogP) is 3.05. The summed E-state index contributed by atoms with van der Waals surface area (Å²) in [4.78, 5) is 10.9. The molecule has 0 saturated heterocycles. The maximum absolute atomic E-state index is 13.5. The molecule has 4 nitrogen and oxygen atoms in total. The molecule has 1 aromatic carbocycles. The van der Waals surface area contributed by atoms with Gasteiger partial charge in [-0.05, 0) is 22.0 Å². The van der Waals surface area contributed by atoms with Crippen LogP contribution in [0.25, 0.3) is 5.69 Å². The van der Waals surface area contributed by atoms with E-state index in [1.807, 2.05) is 0 Å². The van der Waals surface area contributed by atoms with Crippen LogP contribution in [-0.2, 0) is 0 Å². The first kappa shape index (κ1) is 14.6. The van der Waals surface area contributed by atoms with Gasteiger partial charge in [-0.15, -0.1) is 5.10 Å². The fourth-order valence-electron chi connectivity index (χ4n) is 1.32. The van der Waals surface area contributed by atoms with E-state index in [1.165, 1.54) is 0 Å². The smallest absolute Gasteiger partial charge is 0.282 e. The third-order valence-corrected chi connectivity index (χ3v) is 2.83. The molecule has 1 heterocycles. The molecule has 0 aliphatic rings. The summed E-state index contributed by atoms with van der Waals surface area (Å²) in [6.45, 7) is 0. The summed E-state index contributed by atoms with van der Waals surface area (Å²) in [6, 6.07) is 1.48. The van der Waals surface area contributed by atoms with Crippen LogP contribution in [0, 0.1) is 11.6 Å². The number of halogens is 6. The van der Waals surface area contributed by atoms with Gasteiger partial charge in [-0.25, -0.2) is 13.5 Å². The lowest BCUT2D eigenvalue weighted by Gasteiger charge is -2.03. The van der Waals surface area contributed by atoms with Crippen LogP contribution < -0.4 is 0 Å². The number of rotatable bonds is 2. The van der Waals surface area contributed by atoms with Gasteiger partial charge in [0.1, 0.15) is 11.5 Å². The molecule has 0 bridgehead atoms. The highest BCUT2D eigenvalue weighted by Crippen LogP contribution is 2.24. The summed E-state index contributed by atoms with van der Waals surface area (Å²) in [5, 5.41) is 6.24. The first-order valence-electron chi connectivity index (χ1n) is 4.89. The molecule has 0 aliphatic heterocycles. The van der Waals surface area contributed by atoms with Crippen LogP contribution >= 0.6 is 15.9 Å². The van der Waals surface area contributed by atoms with E-state index in [0.29, 0.717) is 16.9 Å². The number of carbonyl (C=O) groups is 1. The Morgan fingerprint density at radius 1 is 1.20 bits per heavy atom. The minimum atomic E-state index is -5.11. The molecule has 1 aromatic heterocycles. The lowest BCUT2D eigenvalue weighted by Crippen LogP contribution is -2.23. The van der Waals surface area contributed by atoms with Crippen molar-refractivity contribution in [3.8, 4) is 5.69 Å². The largest absolute Gasteiger partial charge is 0.456 e. The number of carbonyl (C=O) groups excluding carboxylic acids is 1. The Morgan fingerprint density at radius 3 is 2.45 bits per heavy atom. The van der Waals surface area contributed by atoms with E-state index >= 15 is 0 Å². The second kappa shape index (κ2) is 4.93. The highest BCUT2D eigenvalue weighted by atomic mass is 79.9. The Kier molecular flexibility index (Phi) is 3.59. The van der Waals surface area contributed by atoms with Crippen molar-refractivity contribution in [2.75, 3.05) is 0 Å². The molecule has 0 N–H and O–H groups in total. The van der Waals surface area contributed by atoms with Gasteiger partial charge in [-0.1, -0.05) is 5.21 Å². The zero-order valence-electron chi connectivity index (χ0n) is 9.25. The molecule has 0 aliphatic carbocycles. The zero-order valence-corrected chi connectivity index (χ0v) is 10.8. The molecule has 0 unspecified atom stereocenters. The Morgan fingerprint density at radius 2 is 1.85 bits per heavy atom. The van der Waals surface area contributed by atoms with Crippen LogP contribution in [-0.4, -0.2) is 27.0 Å². The SMILES string of the molecule is O=C(c1cn(-c2cc(Br)c(F)cc2F)nn1)C(F)(F)F. The van der Waals surface area contributed by atoms with E-state index < -0.39 is 29.3 Å². The molecule has 0 spiro atoms. The summed E-state index contributed by atoms with van der Waals surface area (Å²) in [5.74, 6) is -4.16. The minimum Gasteiger partial charge on any atom is -0.282 e. The Bertz CT molecular complexity index is 682. The molecule has 0 atom stereocenters. The second-order valence-corrected chi connectivity index (χ2v) is 4.45. The Labute approximate surface area is 116 Å². The maximum atomic E-state index is 13.5. The number of aromatic nitrogens is 3. The van der Waals surface area contributed by atoms with Crippen LogP contribution in [0.1, 0.15) is 10.5 Å². The van der Waals surface area contributed by atoms with Crippen molar-refractivity contribution in [3.63, 3.8) is 0 Å². The average molecular weight is 356 g/mol. The minimum absolute atomic E-state index is 0.118. The van der Waals surface area contributed by atoms with Gasteiger partial charge in [-0.3, -0.25) is 4.79 Å². The molecule has 0 saturated carbocycles. The van der Waals surface area contributed by atoms with E-state index in [2.05, 4.69) is 26.2 Å². The summed E-state index contributed by atoms with van der Waals surface area (Å²) < 4.78 is 63.6. The van der Waals surface area contributed by atoms with E-state index in [1.54, 1.807) is 0 Å². The van der Waals surface area contributed by atoms with Crippen molar-refractivity contribution in [1.29, 1.82) is 0 Å². The second-order valence-electron chi connectivity index (χ2n) is 3.59. The van der Waals surface area contributed by atoms with Gasteiger partial charge in [0.25, 0.3) is 5.78 Å². The van der Waals surface area contributed by atoms with E-state index in [9.17, 15) is 26.7 Å². The fourth-order valence-corrected chi connectivity index (χ4v) is 1.65. The number of nitrogens with zero attached hydrogens (tertiary/aromatic N) is 3. The summed E-state index contributed by atoms with van der Waals surface area (Å²) >= 11 is 2.79. The summed E-state index contributed by atoms with van der Waals surface area (Å²) in [6.07, 6.45) is -4.50. The van der Waals surface area contributed by atoms with E-state index in [0.717, 1.165) is 6.07 Å². The average Bonchev–Trinajstić information content (AvgIpc) is 2.80. The highest BCUT2D eigenvalue weighted by Gasteiger charge is 2.41. The molecule has 0 fully saturated rings. The molecular weight excluding hydrogens is 353 g/mol. The number of Topliss-reactive ketones (excluding diaryl/α,β-unsaturated/α-hetero) is 1. The van der Waals surface area contributed by atoms with Crippen molar-refractivity contribution < 1.29 is 26.7 Å². The molecule has 20 heavy (non-hydrogen) atoms. The molecule has 0 radical (unpaired) electrons. The zero-order chi connectivity index (χ0) is 15.1. The van der Waals surface area contributed by atoms with E-state index in [-0.39, 0.29) is 10.2 Å². The van der Waals surface area contributed by atoms with Gasteiger partial charge in [0, 0.05) is 6.07 Å². The molecule has 2 rings (SSSR count). The first-order chi connectivity index (χ1) is 9.20. The fraction of sp³-hybridized carbons (Fsp3) is 0.100. The normalized spacial score (nSPS) is 11.7. The van der Waals surface area contributed by atoms with E-state index in [4.69, 9.17) is 0 Å². The molecular formula is C10H3BrF5N3O. The van der Waals surface area contributed by atoms with Gasteiger partial charge in [0.05, 0.1) is 10.7 Å². The third kappa shape index (κ3) is 2.69.